The number of hydrogen-bond donors (Lipinski definition) is 1. The highest BCUT2D eigenvalue weighted by atomic mass is 35.5. The fourth-order valence-electron chi connectivity index (χ4n) is 3.31. The molecule has 9 nitrogen and oxygen atoms in total. The van der Waals surface area contributed by atoms with Crippen molar-refractivity contribution in [3.63, 3.8) is 0 Å². The van der Waals surface area contributed by atoms with Crippen molar-refractivity contribution >= 4 is 29.4 Å². The Morgan fingerprint density at radius 3 is 2.60 bits per heavy atom. The van der Waals surface area contributed by atoms with Crippen LogP contribution in [0.4, 0.5) is 10.6 Å². The number of halogens is 1. The van der Waals surface area contributed by atoms with E-state index in [0.717, 1.165) is 12.3 Å². The second-order valence-corrected chi connectivity index (χ2v) is 7.76. The summed E-state index contributed by atoms with van der Waals surface area (Å²) in [5, 5.41) is 11.1. The lowest BCUT2D eigenvalue weighted by Gasteiger charge is -2.35. The van der Waals surface area contributed by atoms with Crippen LogP contribution in [0.25, 0.3) is 0 Å². The summed E-state index contributed by atoms with van der Waals surface area (Å²) in [6, 6.07) is 6.75. The first kappa shape index (κ1) is 20.3. The third-order valence-electron chi connectivity index (χ3n) is 5.22. The van der Waals surface area contributed by atoms with Gasteiger partial charge < -0.3 is 19.9 Å². The molecule has 2 aromatic rings. The van der Waals surface area contributed by atoms with Crippen molar-refractivity contribution in [3.05, 3.63) is 41.2 Å². The van der Waals surface area contributed by atoms with E-state index in [4.69, 9.17) is 16.3 Å². The maximum Gasteiger partial charge on any atom is 0.413 e. The molecule has 3 heterocycles. The number of aromatic nitrogens is 3. The number of nitrogens with zero attached hydrogens (tertiary/aromatic N) is 5. The van der Waals surface area contributed by atoms with Gasteiger partial charge in [0, 0.05) is 45.0 Å². The highest BCUT2D eigenvalue weighted by Crippen LogP contribution is 2.31. The van der Waals surface area contributed by atoms with Crippen molar-refractivity contribution in [3.8, 4) is 5.88 Å². The van der Waals surface area contributed by atoms with E-state index in [1.165, 1.54) is 12.8 Å². The van der Waals surface area contributed by atoms with Crippen molar-refractivity contribution < 1.29 is 14.3 Å². The van der Waals surface area contributed by atoms with Crippen LogP contribution >= 0.6 is 11.6 Å². The lowest BCUT2D eigenvalue weighted by molar-refractivity contribution is 0.0746. The Bertz CT molecular complexity index is 898. The van der Waals surface area contributed by atoms with Crippen LogP contribution < -0.4 is 15.0 Å². The summed E-state index contributed by atoms with van der Waals surface area (Å²) >= 11 is 6.03. The minimum Gasteiger partial charge on any atom is -0.390 e. The molecule has 30 heavy (non-hydrogen) atoms. The fourth-order valence-corrected chi connectivity index (χ4v) is 3.51. The summed E-state index contributed by atoms with van der Waals surface area (Å²) in [5.41, 5.74) is 0.407. The van der Waals surface area contributed by atoms with Gasteiger partial charge in [-0.3, -0.25) is 4.79 Å². The third kappa shape index (κ3) is 5.15. The number of carbonyl (C=O) groups is 2. The number of piperazine rings is 1. The molecule has 2 aliphatic rings. The molecule has 0 radical (unpaired) electrons. The van der Waals surface area contributed by atoms with Gasteiger partial charge in [-0.05, 0) is 30.5 Å². The van der Waals surface area contributed by atoms with Crippen LogP contribution in [-0.2, 0) is 0 Å². The molecule has 10 heteroatoms. The van der Waals surface area contributed by atoms with Gasteiger partial charge >= 0.3 is 6.09 Å². The molecular weight excluding hydrogens is 408 g/mol. The number of pyridine rings is 1. The summed E-state index contributed by atoms with van der Waals surface area (Å²) in [7, 11) is 0. The van der Waals surface area contributed by atoms with Crippen molar-refractivity contribution in [1.29, 1.82) is 0 Å². The molecule has 4 rings (SSSR count). The Morgan fingerprint density at radius 2 is 1.93 bits per heavy atom. The van der Waals surface area contributed by atoms with Crippen molar-refractivity contribution in [1.82, 2.24) is 25.4 Å². The quantitative estimate of drug-likeness (QED) is 0.702. The van der Waals surface area contributed by atoms with Crippen LogP contribution in [-0.4, -0.2) is 64.8 Å². The predicted octanol–water partition coefficient (Wildman–Crippen LogP) is 2.38. The van der Waals surface area contributed by atoms with Crippen LogP contribution in [0.1, 0.15) is 29.6 Å². The summed E-state index contributed by atoms with van der Waals surface area (Å²) in [5.74, 6) is 1.45. The number of nitrogens with one attached hydrogen (secondary N) is 1. The molecule has 0 unspecified atom stereocenters. The smallest absolute Gasteiger partial charge is 0.390 e. The topological polar surface area (TPSA) is 101 Å². The Kier molecular flexibility index (Phi) is 6.27. The maximum absolute atomic E-state index is 12.6. The van der Waals surface area contributed by atoms with Crippen LogP contribution in [0.2, 0.25) is 5.15 Å². The average molecular weight is 431 g/mol. The van der Waals surface area contributed by atoms with Crippen molar-refractivity contribution in [2.75, 3.05) is 37.6 Å². The van der Waals surface area contributed by atoms with Gasteiger partial charge in [-0.1, -0.05) is 24.4 Å². The summed E-state index contributed by atoms with van der Waals surface area (Å²) in [6.45, 7) is 2.91. The van der Waals surface area contributed by atoms with Gasteiger partial charge in [0.25, 0.3) is 5.91 Å². The Balaban J connectivity index is 1.25. The van der Waals surface area contributed by atoms with E-state index in [0.29, 0.717) is 44.1 Å². The number of carbonyl (C=O) groups excluding carboxylic acids is 2. The lowest BCUT2D eigenvalue weighted by Crippen LogP contribution is -2.49. The molecule has 1 saturated carbocycles. The van der Waals surface area contributed by atoms with Gasteiger partial charge in [-0.2, -0.15) is 0 Å². The van der Waals surface area contributed by atoms with Gasteiger partial charge in [0.15, 0.2) is 5.82 Å². The average Bonchev–Trinajstić information content (AvgIpc) is 3.59. The van der Waals surface area contributed by atoms with E-state index < -0.39 is 6.09 Å². The SMILES string of the molecule is O=C(NCCC1CC1)Oc1ccc(N2CCN(C(=O)c3cccnc3Cl)CC2)nn1. The molecule has 2 aromatic heterocycles. The van der Waals surface area contributed by atoms with E-state index in [2.05, 4.69) is 20.5 Å². The first-order valence-corrected chi connectivity index (χ1v) is 10.4. The van der Waals surface area contributed by atoms with E-state index in [-0.39, 0.29) is 16.9 Å². The van der Waals surface area contributed by atoms with Gasteiger partial charge in [-0.25, -0.2) is 9.78 Å². The highest BCUT2D eigenvalue weighted by Gasteiger charge is 2.25. The van der Waals surface area contributed by atoms with Crippen LogP contribution in [0.5, 0.6) is 5.88 Å². The largest absolute Gasteiger partial charge is 0.413 e. The molecule has 2 fully saturated rings. The number of rotatable bonds is 6. The normalized spacial score (nSPS) is 16.3. The van der Waals surface area contributed by atoms with Crippen molar-refractivity contribution in [2.45, 2.75) is 19.3 Å². The molecule has 1 saturated heterocycles. The first-order chi connectivity index (χ1) is 14.6. The molecule has 0 bridgehead atoms. The molecule has 1 aliphatic heterocycles. The second-order valence-electron chi connectivity index (χ2n) is 7.40. The van der Waals surface area contributed by atoms with Gasteiger partial charge in [0.2, 0.25) is 5.88 Å². The number of hydrogen-bond acceptors (Lipinski definition) is 7. The summed E-state index contributed by atoms with van der Waals surface area (Å²) in [4.78, 5) is 32.1. The zero-order valence-electron chi connectivity index (χ0n) is 16.5. The fraction of sp³-hybridized carbons (Fsp3) is 0.450. The zero-order valence-corrected chi connectivity index (χ0v) is 17.2. The number of ether oxygens (including phenoxy) is 1. The van der Waals surface area contributed by atoms with E-state index in [9.17, 15) is 9.59 Å². The van der Waals surface area contributed by atoms with E-state index >= 15 is 0 Å². The summed E-state index contributed by atoms with van der Waals surface area (Å²) < 4.78 is 5.15. The second kappa shape index (κ2) is 9.25. The summed E-state index contributed by atoms with van der Waals surface area (Å²) in [6.07, 6.45) is 4.54. The molecule has 2 amide bonds. The van der Waals surface area contributed by atoms with Crippen molar-refractivity contribution in [2.24, 2.45) is 5.92 Å². The van der Waals surface area contributed by atoms with Gasteiger partial charge in [0.05, 0.1) is 5.56 Å². The molecule has 1 aliphatic carbocycles. The van der Waals surface area contributed by atoms with Crippen LogP contribution in [0.3, 0.4) is 0 Å². The predicted molar refractivity (Wildman–Crippen MR) is 111 cm³/mol. The molecule has 0 aromatic carbocycles. The standard InChI is InChI=1S/C20H23ClN6O3/c21-18-15(2-1-8-22-18)19(28)27-12-10-26(11-13-27)16-5-6-17(25-24-16)30-20(29)23-9-7-14-3-4-14/h1-2,5-6,8,14H,3-4,7,9-13H2,(H,23,29). The van der Waals surface area contributed by atoms with Crippen LogP contribution in [0, 0.1) is 5.92 Å². The van der Waals surface area contributed by atoms with E-state index in [1.54, 1.807) is 35.4 Å². The Labute approximate surface area is 179 Å². The van der Waals surface area contributed by atoms with Gasteiger partial charge in [-0.15, -0.1) is 10.2 Å². The Morgan fingerprint density at radius 1 is 1.13 bits per heavy atom. The molecule has 158 valence electrons. The minimum atomic E-state index is -0.515. The van der Waals surface area contributed by atoms with Crippen LogP contribution in [0.15, 0.2) is 30.5 Å². The first-order valence-electron chi connectivity index (χ1n) is 10.0. The molecule has 1 N–H and O–H groups in total. The van der Waals surface area contributed by atoms with E-state index in [1.807, 2.05) is 4.90 Å². The third-order valence-corrected chi connectivity index (χ3v) is 5.52. The number of anilines is 1. The highest BCUT2D eigenvalue weighted by molar-refractivity contribution is 6.32. The molecule has 0 spiro atoms. The molecular formula is C20H23ClN6O3. The monoisotopic (exact) mass is 430 g/mol. The minimum absolute atomic E-state index is 0.129. The zero-order chi connectivity index (χ0) is 20.9. The molecule has 0 atom stereocenters. The maximum atomic E-state index is 12.6. The lowest BCUT2D eigenvalue weighted by atomic mass is 10.2. The van der Waals surface area contributed by atoms with Gasteiger partial charge in [0.1, 0.15) is 5.15 Å². The Hall–Kier alpha value is -2.94. The number of amides is 2.